The summed E-state index contributed by atoms with van der Waals surface area (Å²) in [6.45, 7) is 2.85. The van der Waals surface area contributed by atoms with Gasteiger partial charge in [-0.2, -0.15) is 4.98 Å². The molecule has 1 aromatic carbocycles. The van der Waals surface area contributed by atoms with E-state index in [0.29, 0.717) is 41.6 Å². The third-order valence-electron chi connectivity index (χ3n) is 4.37. The number of carbonyl (C=O) groups is 1. The number of amides is 1. The van der Waals surface area contributed by atoms with Crippen LogP contribution in [0.2, 0.25) is 0 Å². The first-order valence-corrected chi connectivity index (χ1v) is 9.22. The number of aryl methyl sites for hydroxylation is 1. The molecule has 0 saturated carbocycles. The molecule has 0 atom stereocenters. The molecule has 3 heterocycles. The Kier molecular flexibility index (Phi) is 5.68. The van der Waals surface area contributed by atoms with Gasteiger partial charge in [0.25, 0.3) is 5.91 Å². The Bertz CT molecular complexity index is 1170. The lowest BCUT2D eigenvalue weighted by molar-refractivity contribution is 0.0974. The van der Waals surface area contributed by atoms with Crippen molar-refractivity contribution in [3.8, 4) is 17.5 Å². The van der Waals surface area contributed by atoms with Crippen molar-refractivity contribution < 1.29 is 18.9 Å². The molecule has 3 aromatic heterocycles. The van der Waals surface area contributed by atoms with Gasteiger partial charge in [-0.05, 0) is 30.7 Å². The van der Waals surface area contributed by atoms with E-state index in [1.807, 2.05) is 37.3 Å². The van der Waals surface area contributed by atoms with Gasteiger partial charge in [0.1, 0.15) is 11.3 Å². The lowest BCUT2D eigenvalue weighted by atomic mass is 10.1. The number of imidazole rings is 1. The SMILES string of the molecule is COCCNOc1nc(-c2ccc(C)c(NC(=O)c3cnc4ccccn34)c2)no1. The van der Waals surface area contributed by atoms with Crippen molar-refractivity contribution in [2.45, 2.75) is 6.92 Å². The average Bonchev–Trinajstić information content (AvgIpc) is 3.40. The first-order valence-electron chi connectivity index (χ1n) is 9.22. The summed E-state index contributed by atoms with van der Waals surface area (Å²) < 4.78 is 11.7. The van der Waals surface area contributed by atoms with Gasteiger partial charge in [0.2, 0.25) is 5.82 Å². The van der Waals surface area contributed by atoms with E-state index in [1.165, 1.54) is 0 Å². The largest absolute Gasteiger partial charge is 0.437 e. The normalized spacial score (nSPS) is 11.0. The van der Waals surface area contributed by atoms with Crippen molar-refractivity contribution in [1.82, 2.24) is 25.0 Å². The molecule has 0 bridgehead atoms. The van der Waals surface area contributed by atoms with Crippen LogP contribution in [0.1, 0.15) is 16.1 Å². The van der Waals surface area contributed by atoms with E-state index in [0.717, 1.165) is 5.56 Å². The summed E-state index contributed by atoms with van der Waals surface area (Å²) in [5, 5.41) is 6.84. The number of methoxy groups -OCH3 is 1. The van der Waals surface area contributed by atoms with Crippen LogP contribution < -0.4 is 15.6 Å². The number of pyridine rings is 1. The fraction of sp³-hybridized carbons (Fsp3) is 0.200. The van der Waals surface area contributed by atoms with E-state index in [9.17, 15) is 4.79 Å². The third kappa shape index (κ3) is 4.14. The van der Waals surface area contributed by atoms with E-state index in [-0.39, 0.29) is 12.0 Å². The highest BCUT2D eigenvalue weighted by Crippen LogP contribution is 2.25. The highest BCUT2D eigenvalue weighted by atomic mass is 16.7. The van der Waals surface area contributed by atoms with Gasteiger partial charge in [-0.3, -0.25) is 13.7 Å². The van der Waals surface area contributed by atoms with Gasteiger partial charge in [0.05, 0.1) is 19.3 Å². The molecule has 0 fully saturated rings. The Balaban J connectivity index is 1.51. The number of nitrogens with one attached hydrogen (secondary N) is 2. The molecule has 0 aliphatic rings. The maximum absolute atomic E-state index is 12.8. The van der Waals surface area contributed by atoms with Crippen LogP contribution in [0.3, 0.4) is 0 Å². The minimum Gasteiger partial charge on any atom is -0.383 e. The number of ether oxygens (including phenoxy) is 1. The van der Waals surface area contributed by atoms with Crippen LogP contribution in [0.15, 0.2) is 53.3 Å². The first kappa shape index (κ1) is 19.6. The molecule has 0 spiro atoms. The smallest absolute Gasteiger partial charge is 0.383 e. The van der Waals surface area contributed by atoms with E-state index >= 15 is 0 Å². The maximum atomic E-state index is 12.8. The summed E-state index contributed by atoms with van der Waals surface area (Å²) >= 11 is 0. The summed E-state index contributed by atoms with van der Waals surface area (Å²) in [6.07, 6.45) is 3.32. The van der Waals surface area contributed by atoms with Crippen molar-refractivity contribution in [3.05, 3.63) is 60.0 Å². The van der Waals surface area contributed by atoms with Gasteiger partial charge in [0, 0.05) is 24.6 Å². The molecule has 0 unspecified atom stereocenters. The molecule has 4 aromatic rings. The molecule has 10 heteroatoms. The maximum Gasteiger partial charge on any atom is 0.437 e. The molecule has 154 valence electrons. The number of nitrogens with zero attached hydrogens (tertiary/aromatic N) is 4. The molecule has 1 amide bonds. The zero-order chi connectivity index (χ0) is 20.9. The number of hydrogen-bond acceptors (Lipinski definition) is 8. The molecule has 0 saturated heterocycles. The minimum absolute atomic E-state index is 0.0157. The number of benzene rings is 1. The quantitative estimate of drug-likeness (QED) is 0.337. The molecular formula is C20H20N6O4. The van der Waals surface area contributed by atoms with E-state index < -0.39 is 0 Å². The summed E-state index contributed by atoms with van der Waals surface area (Å²) in [5.41, 5.74) is 5.99. The van der Waals surface area contributed by atoms with Crippen LogP contribution in [0, 0.1) is 6.92 Å². The molecule has 4 rings (SSSR count). The van der Waals surface area contributed by atoms with Crippen LogP contribution >= 0.6 is 0 Å². The highest BCUT2D eigenvalue weighted by Gasteiger charge is 2.15. The molecule has 2 N–H and O–H groups in total. The van der Waals surface area contributed by atoms with Crippen LogP contribution in [0.25, 0.3) is 17.0 Å². The number of carbonyl (C=O) groups excluding carboxylic acids is 1. The molecule has 30 heavy (non-hydrogen) atoms. The minimum atomic E-state index is -0.270. The third-order valence-corrected chi connectivity index (χ3v) is 4.37. The average molecular weight is 408 g/mol. The second kappa shape index (κ2) is 8.72. The predicted molar refractivity (Wildman–Crippen MR) is 108 cm³/mol. The zero-order valence-corrected chi connectivity index (χ0v) is 16.5. The number of hydroxylamine groups is 1. The van der Waals surface area contributed by atoms with Gasteiger partial charge in [-0.1, -0.05) is 23.4 Å². The van der Waals surface area contributed by atoms with E-state index in [2.05, 4.69) is 25.9 Å². The van der Waals surface area contributed by atoms with Gasteiger partial charge < -0.3 is 14.9 Å². The van der Waals surface area contributed by atoms with Crippen LogP contribution in [0.5, 0.6) is 6.08 Å². The van der Waals surface area contributed by atoms with Crippen LogP contribution in [-0.2, 0) is 4.74 Å². The molecule has 0 aliphatic heterocycles. The Morgan fingerprint density at radius 3 is 3.03 bits per heavy atom. The van der Waals surface area contributed by atoms with E-state index in [4.69, 9.17) is 14.1 Å². The lowest BCUT2D eigenvalue weighted by Gasteiger charge is -2.09. The fourth-order valence-electron chi connectivity index (χ4n) is 2.81. The monoisotopic (exact) mass is 408 g/mol. The van der Waals surface area contributed by atoms with Gasteiger partial charge in [-0.25, -0.2) is 4.98 Å². The molecule has 0 aliphatic carbocycles. The second-order valence-electron chi connectivity index (χ2n) is 6.43. The van der Waals surface area contributed by atoms with Crippen molar-refractivity contribution in [2.75, 3.05) is 25.6 Å². The fourth-order valence-corrected chi connectivity index (χ4v) is 2.81. The zero-order valence-electron chi connectivity index (χ0n) is 16.5. The molecule has 10 nitrogen and oxygen atoms in total. The number of hydrogen-bond donors (Lipinski definition) is 2. The van der Waals surface area contributed by atoms with Gasteiger partial charge in [0.15, 0.2) is 0 Å². The summed E-state index contributed by atoms with van der Waals surface area (Å²) in [5.74, 6) is 0.0669. The van der Waals surface area contributed by atoms with Crippen molar-refractivity contribution >= 4 is 17.2 Å². The summed E-state index contributed by atoms with van der Waals surface area (Å²) in [6, 6.07) is 11.0. The number of rotatable bonds is 8. The van der Waals surface area contributed by atoms with Crippen molar-refractivity contribution in [3.63, 3.8) is 0 Å². The Morgan fingerprint density at radius 1 is 1.27 bits per heavy atom. The second-order valence-corrected chi connectivity index (χ2v) is 6.43. The number of aromatic nitrogens is 4. The van der Waals surface area contributed by atoms with Crippen LogP contribution in [0.4, 0.5) is 5.69 Å². The van der Waals surface area contributed by atoms with Crippen LogP contribution in [-0.4, -0.2) is 45.7 Å². The number of fused-ring (bicyclic) bond motifs is 1. The summed E-state index contributed by atoms with van der Waals surface area (Å²) in [4.78, 5) is 26.4. The number of anilines is 1. The van der Waals surface area contributed by atoms with E-state index in [1.54, 1.807) is 30.0 Å². The Morgan fingerprint density at radius 2 is 2.17 bits per heavy atom. The van der Waals surface area contributed by atoms with Gasteiger partial charge >= 0.3 is 6.08 Å². The van der Waals surface area contributed by atoms with Gasteiger partial charge in [-0.15, -0.1) is 5.48 Å². The lowest BCUT2D eigenvalue weighted by Crippen LogP contribution is -2.23. The highest BCUT2D eigenvalue weighted by molar-refractivity contribution is 6.04. The predicted octanol–water partition coefficient (Wildman–Crippen LogP) is 2.47. The first-order chi connectivity index (χ1) is 14.7. The van der Waals surface area contributed by atoms with Crippen molar-refractivity contribution in [1.29, 1.82) is 0 Å². The molecular weight excluding hydrogens is 388 g/mol. The standard InChI is InChI=1S/C20H20N6O4/c1-13-6-7-14(18-24-20(30-25-18)29-22-8-10-28-2)11-15(13)23-19(27)16-12-21-17-5-3-4-9-26(16)17/h3-7,9,11-12,22H,8,10H2,1-2H3,(H,23,27). The Labute approximate surface area is 171 Å². The topological polar surface area (TPSA) is 116 Å². The van der Waals surface area contributed by atoms with Crippen molar-refractivity contribution in [2.24, 2.45) is 0 Å². The Hall–Kier alpha value is -3.76. The summed E-state index contributed by atoms with van der Waals surface area (Å²) in [7, 11) is 1.59. The molecule has 0 radical (unpaired) electrons.